The van der Waals surface area contributed by atoms with Gasteiger partial charge in [-0.25, -0.2) is 22.3 Å². The smallest absolute Gasteiger partial charge is 0.331 e. The van der Waals surface area contributed by atoms with E-state index in [0.717, 1.165) is 7.11 Å². The second-order valence-electron chi connectivity index (χ2n) is 3.01. The van der Waals surface area contributed by atoms with E-state index in [1.807, 2.05) is 0 Å². The summed E-state index contributed by atoms with van der Waals surface area (Å²) in [6, 6.07) is 0.371. The third kappa shape index (κ3) is 2.68. The Hall–Kier alpha value is -1.88. The van der Waals surface area contributed by atoms with Crippen LogP contribution in [0.2, 0.25) is 0 Å². The highest BCUT2D eigenvalue weighted by Gasteiger charge is 2.29. The molecule has 0 saturated carbocycles. The van der Waals surface area contributed by atoms with Crippen molar-refractivity contribution in [1.29, 1.82) is 0 Å². The lowest BCUT2D eigenvalue weighted by molar-refractivity contribution is -0.386. The van der Waals surface area contributed by atoms with Gasteiger partial charge in [-0.05, 0) is 0 Å². The van der Waals surface area contributed by atoms with Gasteiger partial charge in [0.1, 0.15) is 0 Å². The van der Waals surface area contributed by atoms with E-state index >= 15 is 0 Å². The van der Waals surface area contributed by atoms with Gasteiger partial charge in [0, 0.05) is 6.07 Å². The molecule has 0 saturated heterocycles. The second kappa shape index (κ2) is 4.78. The summed E-state index contributed by atoms with van der Waals surface area (Å²) in [5.41, 5.74) is -2.02. The average molecular weight is 283 g/mol. The molecule has 2 N–H and O–H groups in total. The fraction of sp³-hybridized carbons (Fsp3) is 0.286. The van der Waals surface area contributed by atoms with Crippen molar-refractivity contribution in [2.75, 3.05) is 7.11 Å². The van der Waals surface area contributed by atoms with Crippen molar-refractivity contribution in [3.63, 3.8) is 0 Å². The number of methoxy groups -OCH3 is 1. The zero-order valence-electron chi connectivity index (χ0n) is 8.83. The maximum absolute atomic E-state index is 12.6. The molecule has 0 atom stereocenters. The zero-order valence-corrected chi connectivity index (χ0v) is 9.65. The Balaban J connectivity index is 3.68. The van der Waals surface area contributed by atoms with Crippen LogP contribution in [0.5, 0.6) is 5.88 Å². The van der Waals surface area contributed by atoms with E-state index in [-0.39, 0.29) is 0 Å². The summed E-state index contributed by atoms with van der Waals surface area (Å²) in [5, 5.41) is 14.1. The standard InChI is InChI=1S/C7H7F2N3O5S/c1-17-6-4(12(13)14)2-3(5(8)9)7(11-6)18(10,15)16/h2,5H,1H3,(H2,10,15,16). The summed E-state index contributed by atoms with van der Waals surface area (Å²) in [6.45, 7) is 0. The molecule has 0 aliphatic carbocycles. The summed E-state index contributed by atoms with van der Waals surface area (Å²) in [7, 11) is -3.57. The number of rotatable bonds is 4. The summed E-state index contributed by atoms with van der Waals surface area (Å²) in [4.78, 5) is 12.7. The lowest BCUT2D eigenvalue weighted by Gasteiger charge is -2.08. The van der Waals surface area contributed by atoms with Gasteiger partial charge in [0.15, 0.2) is 5.03 Å². The first-order valence-corrected chi connectivity index (χ1v) is 5.77. The molecule has 18 heavy (non-hydrogen) atoms. The first-order chi connectivity index (χ1) is 8.18. The minimum Gasteiger partial charge on any atom is -0.476 e. The minimum atomic E-state index is -4.55. The Labute approximate surface area is 99.6 Å². The predicted octanol–water partition coefficient (Wildman–Crippen LogP) is 0.583. The van der Waals surface area contributed by atoms with Gasteiger partial charge in [-0.2, -0.15) is 4.98 Å². The molecular weight excluding hydrogens is 276 g/mol. The Morgan fingerprint density at radius 1 is 1.56 bits per heavy atom. The molecule has 0 aliphatic rings. The number of primary sulfonamides is 1. The second-order valence-corrected chi connectivity index (χ2v) is 4.49. The molecule has 0 aromatic carbocycles. The topological polar surface area (TPSA) is 125 Å². The molecular formula is C7H7F2N3O5S. The molecule has 100 valence electrons. The maximum atomic E-state index is 12.6. The van der Waals surface area contributed by atoms with Gasteiger partial charge >= 0.3 is 5.69 Å². The van der Waals surface area contributed by atoms with Crippen LogP contribution in [0.4, 0.5) is 14.5 Å². The fourth-order valence-corrected chi connectivity index (χ4v) is 1.84. The zero-order chi connectivity index (χ0) is 14.1. The Morgan fingerprint density at radius 2 is 2.11 bits per heavy atom. The van der Waals surface area contributed by atoms with Crippen molar-refractivity contribution in [2.45, 2.75) is 11.5 Å². The molecule has 1 rings (SSSR count). The van der Waals surface area contributed by atoms with Gasteiger partial charge in [0.2, 0.25) is 0 Å². The molecule has 1 aromatic rings. The molecule has 0 aliphatic heterocycles. The predicted molar refractivity (Wildman–Crippen MR) is 53.8 cm³/mol. The van der Waals surface area contributed by atoms with E-state index < -0.39 is 43.5 Å². The Bertz CT molecular complexity index is 589. The minimum absolute atomic E-state index is 0.371. The van der Waals surface area contributed by atoms with E-state index in [1.54, 1.807) is 0 Å². The summed E-state index contributed by atoms with van der Waals surface area (Å²) in [5.74, 6) is -0.714. The van der Waals surface area contributed by atoms with Crippen molar-refractivity contribution < 1.29 is 26.9 Å². The van der Waals surface area contributed by atoms with Crippen molar-refractivity contribution in [3.8, 4) is 5.88 Å². The van der Waals surface area contributed by atoms with E-state index in [4.69, 9.17) is 5.14 Å². The highest BCUT2D eigenvalue weighted by Crippen LogP contribution is 2.33. The van der Waals surface area contributed by atoms with Crippen LogP contribution >= 0.6 is 0 Å². The first kappa shape index (κ1) is 14.2. The van der Waals surface area contributed by atoms with Crippen LogP contribution < -0.4 is 9.88 Å². The van der Waals surface area contributed by atoms with E-state index in [1.165, 1.54) is 0 Å². The average Bonchev–Trinajstić information content (AvgIpc) is 2.25. The third-order valence-electron chi connectivity index (χ3n) is 1.86. The number of pyridine rings is 1. The number of hydrogen-bond acceptors (Lipinski definition) is 6. The first-order valence-electron chi connectivity index (χ1n) is 4.22. The van der Waals surface area contributed by atoms with Gasteiger partial charge < -0.3 is 4.74 Å². The molecule has 0 bridgehead atoms. The molecule has 0 radical (unpaired) electrons. The number of sulfonamides is 1. The monoisotopic (exact) mass is 283 g/mol. The van der Waals surface area contributed by atoms with Crippen molar-refractivity contribution in [3.05, 3.63) is 21.7 Å². The SMILES string of the molecule is COc1nc(S(N)(=O)=O)c(C(F)F)cc1[N+](=O)[O-]. The van der Waals surface area contributed by atoms with Crippen molar-refractivity contribution in [2.24, 2.45) is 5.14 Å². The number of ether oxygens (including phenoxy) is 1. The molecule has 8 nitrogen and oxygen atoms in total. The van der Waals surface area contributed by atoms with E-state index in [2.05, 4.69) is 9.72 Å². The van der Waals surface area contributed by atoms with E-state index in [0.29, 0.717) is 6.07 Å². The highest BCUT2D eigenvalue weighted by atomic mass is 32.2. The quantitative estimate of drug-likeness (QED) is 0.636. The number of nitrogens with two attached hydrogens (primary N) is 1. The normalized spacial score (nSPS) is 11.6. The van der Waals surface area contributed by atoms with Crippen LogP contribution in [0.25, 0.3) is 0 Å². The van der Waals surface area contributed by atoms with Gasteiger partial charge in [0.05, 0.1) is 17.6 Å². The number of alkyl halides is 2. The Morgan fingerprint density at radius 3 is 2.44 bits per heavy atom. The fourth-order valence-electron chi connectivity index (χ4n) is 1.15. The van der Waals surface area contributed by atoms with Crippen LogP contribution in [0.1, 0.15) is 12.0 Å². The van der Waals surface area contributed by atoms with Gasteiger partial charge in [0.25, 0.3) is 22.3 Å². The Kier molecular flexibility index (Phi) is 3.76. The number of nitrogens with zero attached hydrogens (tertiary/aromatic N) is 2. The number of hydrogen-bond donors (Lipinski definition) is 1. The van der Waals surface area contributed by atoms with Gasteiger partial charge in [-0.15, -0.1) is 0 Å². The van der Waals surface area contributed by atoms with E-state index in [9.17, 15) is 27.3 Å². The molecule has 0 amide bonds. The van der Waals surface area contributed by atoms with Crippen molar-refractivity contribution >= 4 is 15.7 Å². The summed E-state index contributed by atoms with van der Waals surface area (Å²) >= 11 is 0. The van der Waals surface area contributed by atoms with Gasteiger partial charge in [-0.3, -0.25) is 10.1 Å². The van der Waals surface area contributed by atoms with Crippen molar-refractivity contribution in [1.82, 2.24) is 4.98 Å². The molecule has 11 heteroatoms. The summed E-state index contributed by atoms with van der Waals surface area (Å²) < 4.78 is 51.8. The lowest BCUT2D eigenvalue weighted by atomic mass is 10.2. The molecule has 1 aromatic heterocycles. The lowest BCUT2D eigenvalue weighted by Crippen LogP contribution is -2.17. The molecule has 0 fully saturated rings. The third-order valence-corrected chi connectivity index (χ3v) is 2.72. The summed E-state index contributed by atoms with van der Waals surface area (Å²) in [6.07, 6.45) is -3.28. The van der Waals surface area contributed by atoms with Crippen LogP contribution in [0.15, 0.2) is 11.1 Å². The number of halogens is 2. The largest absolute Gasteiger partial charge is 0.476 e. The van der Waals surface area contributed by atoms with Crippen LogP contribution in [0.3, 0.4) is 0 Å². The number of aromatic nitrogens is 1. The molecule has 0 spiro atoms. The highest BCUT2D eigenvalue weighted by molar-refractivity contribution is 7.89. The molecule has 1 heterocycles. The number of nitro groups is 1. The van der Waals surface area contributed by atoms with Crippen LogP contribution in [-0.4, -0.2) is 25.4 Å². The molecule has 0 unspecified atom stereocenters. The van der Waals surface area contributed by atoms with Gasteiger partial charge in [-0.1, -0.05) is 0 Å². The maximum Gasteiger partial charge on any atom is 0.331 e. The van der Waals surface area contributed by atoms with Crippen LogP contribution in [0, 0.1) is 10.1 Å². The van der Waals surface area contributed by atoms with Crippen LogP contribution in [-0.2, 0) is 10.0 Å².